The summed E-state index contributed by atoms with van der Waals surface area (Å²) >= 11 is 0. The standard InChI is InChI=1S/C17H34N2O/c1-4-6-14-7-8-16(18-10-5-2)17(12-14)19-11-9-15(13-19)20-3/h14-18H,4-13H2,1-3H3. The smallest absolute Gasteiger partial charge is 0.0710 e. The summed E-state index contributed by atoms with van der Waals surface area (Å²) in [7, 11) is 1.86. The van der Waals surface area contributed by atoms with Crippen molar-refractivity contribution in [1.29, 1.82) is 0 Å². The zero-order valence-electron chi connectivity index (χ0n) is 13.7. The Hall–Kier alpha value is -0.120. The predicted octanol–water partition coefficient (Wildman–Crippen LogP) is 3.04. The van der Waals surface area contributed by atoms with Crippen molar-refractivity contribution in [1.82, 2.24) is 10.2 Å². The molecule has 0 bridgehead atoms. The first-order chi connectivity index (χ1) is 9.78. The first-order valence-electron chi connectivity index (χ1n) is 8.78. The van der Waals surface area contributed by atoms with Crippen LogP contribution in [0.5, 0.6) is 0 Å². The van der Waals surface area contributed by atoms with Crippen molar-refractivity contribution in [2.45, 2.75) is 77.0 Å². The van der Waals surface area contributed by atoms with E-state index in [0.717, 1.165) is 18.5 Å². The van der Waals surface area contributed by atoms with Crippen molar-refractivity contribution in [2.24, 2.45) is 5.92 Å². The minimum atomic E-state index is 0.466. The van der Waals surface area contributed by atoms with Crippen LogP contribution in [0.4, 0.5) is 0 Å². The minimum absolute atomic E-state index is 0.466. The Labute approximate surface area is 125 Å². The second kappa shape index (κ2) is 8.35. The maximum absolute atomic E-state index is 5.56. The topological polar surface area (TPSA) is 24.5 Å². The van der Waals surface area contributed by atoms with Gasteiger partial charge in [0.05, 0.1) is 6.10 Å². The molecule has 118 valence electrons. The lowest BCUT2D eigenvalue weighted by Gasteiger charge is -2.42. The lowest BCUT2D eigenvalue weighted by molar-refractivity contribution is 0.0761. The van der Waals surface area contributed by atoms with E-state index >= 15 is 0 Å². The van der Waals surface area contributed by atoms with Crippen molar-refractivity contribution in [3.8, 4) is 0 Å². The summed E-state index contributed by atoms with van der Waals surface area (Å²) in [6.07, 6.45) is 9.86. The number of hydrogen-bond acceptors (Lipinski definition) is 3. The van der Waals surface area contributed by atoms with Gasteiger partial charge < -0.3 is 10.1 Å². The number of ether oxygens (including phenoxy) is 1. The molecule has 0 spiro atoms. The average Bonchev–Trinajstić information content (AvgIpc) is 2.95. The van der Waals surface area contributed by atoms with Gasteiger partial charge in [0, 0.05) is 32.3 Å². The quantitative estimate of drug-likeness (QED) is 0.777. The van der Waals surface area contributed by atoms with Gasteiger partial charge in [0.1, 0.15) is 0 Å². The number of nitrogens with one attached hydrogen (secondary N) is 1. The van der Waals surface area contributed by atoms with E-state index in [1.54, 1.807) is 0 Å². The van der Waals surface area contributed by atoms with E-state index in [1.807, 2.05) is 7.11 Å². The van der Waals surface area contributed by atoms with Crippen molar-refractivity contribution < 1.29 is 4.74 Å². The van der Waals surface area contributed by atoms with E-state index in [4.69, 9.17) is 4.74 Å². The summed E-state index contributed by atoms with van der Waals surface area (Å²) < 4.78 is 5.56. The second-order valence-corrected chi connectivity index (χ2v) is 6.74. The molecule has 3 heteroatoms. The summed E-state index contributed by atoms with van der Waals surface area (Å²) in [4.78, 5) is 2.71. The zero-order valence-corrected chi connectivity index (χ0v) is 13.7. The summed E-state index contributed by atoms with van der Waals surface area (Å²) in [6.45, 7) is 8.13. The molecule has 4 atom stereocenters. The molecule has 0 radical (unpaired) electrons. The first kappa shape index (κ1) is 16.3. The molecule has 0 amide bonds. The summed E-state index contributed by atoms with van der Waals surface area (Å²) in [5, 5.41) is 3.81. The molecule has 0 aromatic rings. The van der Waals surface area contributed by atoms with Crippen LogP contribution in [0.1, 0.15) is 58.8 Å². The van der Waals surface area contributed by atoms with E-state index in [0.29, 0.717) is 12.1 Å². The Morgan fingerprint density at radius 2 is 2.00 bits per heavy atom. The third-order valence-electron chi connectivity index (χ3n) is 5.26. The fourth-order valence-corrected chi connectivity index (χ4v) is 4.12. The number of rotatable bonds is 7. The summed E-state index contributed by atoms with van der Waals surface area (Å²) in [5.41, 5.74) is 0. The number of methoxy groups -OCH3 is 1. The third kappa shape index (κ3) is 4.19. The van der Waals surface area contributed by atoms with Crippen molar-refractivity contribution >= 4 is 0 Å². The molecule has 0 aromatic carbocycles. The molecule has 0 aromatic heterocycles. The van der Waals surface area contributed by atoms with Gasteiger partial charge in [-0.1, -0.05) is 26.7 Å². The zero-order chi connectivity index (χ0) is 14.4. The molecule has 2 rings (SSSR count). The van der Waals surface area contributed by atoms with Crippen LogP contribution in [-0.4, -0.2) is 49.8 Å². The molecule has 1 heterocycles. The SMILES string of the molecule is CCCNC1CCC(CCC)CC1N1CCC(OC)C1. The highest BCUT2D eigenvalue weighted by Crippen LogP contribution is 2.33. The van der Waals surface area contributed by atoms with Crippen molar-refractivity contribution in [3.63, 3.8) is 0 Å². The molecule has 3 nitrogen and oxygen atoms in total. The van der Waals surface area contributed by atoms with Crippen LogP contribution in [-0.2, 0) is 4.74 Å². The van der Waals surface area contributed by atoms with Crippen LogP contribution < -0.4 is 5.32 Å². The fourth-order valence-electron chi connectivity index (χ4n) is 4.12. The molecule has 2 aliphatic rings. The summed E-state index contributed by atoms with van der Waals surface area (Å²) in [5.74, 6) is 0.950. The van der Waals surface area contributed by atoms with Crippen LogP contribution in [0.25, 0.3) is 0 Å². The minimum Gasteiger partial charge on any atom is -0.380 e. The van der Waals surface area contributed by atoms with Gasteiger partial charge in [0.2, 0.25) is 0 Å². The predicted molar refractivity (Wildman–Crippen MR) is 85.1 cm³/mol. The summed E-state index contributed by atoms with van der Waals surface area (Å²) in [6, 6.07) is 1.45. The van der Waals surface area contributed by atoms with Crippen LogP contribution >= 0.6 is 0 Å². The van der Waals surface area contributed by atoms with Crippen molar-refractivity contribution in [2.75, 3.05) is 26.7 Å². The van der Waals surface area contributed by atoms with Gasteiger partial charge in [-0.15, -0.1) is 0 Å². The lowest BCUT2D eigenvalue weighted by atomic mass is 9.79. The molecule has 4 unspecified atom stereocenters. The highest BCUT2D eigenvalue weighted by Gasteiger charge is 2.36. The molecule has 20 heavy (non-hydrogen) atoms. The third-order valence-corrected chi connectivity index (χ3v) is 5.26. The molecule has 1 N–H and O–H groups in total. The van der Waals surface area contributed by atoms with E-state index in [-0.39, 0.29) is 0 Å². The molecular formula is C17H34N2O. The van der Waals surface area contributed by atoms with E-state index in [9.17, 15) is 0 Å². The van der Waals surface area contributed by atoms with Gasteiger partial charge in [-0.05, 0) is 44.6 Å². The highest BCUT2D eigenvalue weighted by atomic mass is 16.5. The van der Waals surface area contributed by atoms with Crippen LogP contribution in [0.3, 0.4) is 0 Å². The molecule has 1 aliphatic carbocycles. The molecule has 2 fully saturated rings. The lowest BCUT2D eigenvalue weighted by Crippen LogP contribution is -2.53. The Morgan fingerprint density at radius 3 is 2.65 bits per heavy atom. The van der Waals surface area contributed by atoms with Crippen LogP contribution in [0.2, 0.25) is 0 Å². The fraction of sp³-hybridized carbons (Fsp3) is 1.00. The Kier molecular flexibility index (Phi) is 6.79. The molecule has 1 saturated heterocycles. The van der Waals surface area contributed by atoms with E-state index < -0.39 is 0 Å². The maximum Gasteiger partial charge on any atom is 0.0710 e. The normalized spacial score (nSPS) is 35.5. The highest BCUT2D eigenvalue weighted by molar-refractivity contribution is 4.94. The van der Waals surface area contributed by atoms with E-state index in [1.165, 1.54) is 58.0 Å². The molecule has 1 aliphatic heterocycles. The maximum atomic E-state index is 5.56. The number of likely N-dealkylation sites (tertiary alicyclic amines) is 1. The number of hydrogen-bond donors (Lipinski definition) is 1. The van der Waals surface area contributed by atoms with Gasteiger partial charge in [-0.25, -0.2) is 0 Å². The largest absolute Gasteiger partial charge is 0.380 e. The Balaban J connectivity index is 1.94. The second-order valence-electron chi connectivity index (χ2n) is 6.74. The van der Waals surface area contributed by atoms with Crippen LogP contribution in [0.15, 0.2) is 0 Å². The van der Waals surface area contributed by atoms with Gasteiger partial charge in [0.25, 0.3) is 0 Å². The number of nitrogens with zero attached hydrogens (tertiary/aromatic N) is 1. The van der Waals surface area contributed by atoms with Crippen molar-refractivity contribution in [3.05, 3.63) is 0 Å². The first-order valence-corrected chi connectivity index (χ1v) is 8.78. The van der Waals surface area contributed by atoms with E-state index in [2.05, 4.69) is 24.1 Å². The molecular weight excluding hydrogens is 248 g/mol. The monoisotopic (exact) mass is 282 g/mol. The Bertz CT molecular complexity index is 270. The van der Waals surface area contributed by atoms with Crippen LogP contribution in [0, 0.1) is 5.92 Å². The van der Waals surface area contributed by atoms with Gasteiger partial charge in [0.15, 0.2) is 0 Å². The van der Waals surface area contributed by atoms with Gasteiger partial charge in [-0.3, -0.25) is 4.90 Å². The molecule has 1 saturated carbocycles. The van der Waals surface area contributed by atoms with Gasteiger partial charge in [-0.2, -0.15) is 0 Å². The Morgan fingerprint density at radius 1 is 1.15 bits per heavy atom. The van der Waals surface area contributed by atoms with Gasteiger partial charge >= 0.3 is 0 Å². The average molecular weight is 282 g/mol.